The Hall–Kier alpha value is -2.09. The molecule has 1 aromatic rings. The van der Waals surface area contributed by atoms with Crippen molar-refractivity contribution < 1.29 is 14.3 Å². The molecule has 0 spiro atoms. The molecule has 1 saturated heterocycles. The number of rotatable bonds is 5. The monoisotopic (exact) mass is 295 g/mol. The number of carbonyl (C=O) groups excluding carboxylic acids is 1. The molecule has 21 heavy (non-hydrogen) atoms. The third kappa shape index (κ3) is 3.94. The van der Waals surface area contributed by atoms with Crippen LogP contribution in [-0.4, -0.2) is 56.5 Å². The number of ether oxygens (including phenoxy) is 2. The number of hydrogen-bond donors (Lipinski definition) is 2. The molecule has 116 valence electrons. The summed E-state index contributed by atoms with van der Waals surface area (Å²) >= 11 is 0. The van der Waals surface area contributed by atoms with Crippen molar-refractivity contribution in [3.05, 3.63) is 11.9 Å². The fourth-order valence-corrected chi connectivity index (χ4v) is 2.28. The highest BCUT2D eigenvalue weighted by Gasteiger charge is 2.25. The average Bonchev–Trinajstić information content (AvgIpc) is 2.95. The first-order chi connectivity index (χ1) is 10.2. The van der Waals surface area contributed by atoms with E-state index in [1.54, 1.807) is 7.11 Å². The summed E-state index contributed by atoms with van der Waals surface area (Å²) in [5, 5.41) is 5.83. The smallest absolute Gasteiger partial charge is 0.407 e. The maximum absolute atomic E-state index is 11.2. The summed E-state index contributed by atoms with van der Waals surface area (Å²) in [7, 11) is 4.79. The van der Waals surface area contributed by atoms with Gasteiger partial charge in [0.2, 0.25) is 0 Å². The van der Waals surface area contributed by atoms with Gasteiger partial charge in [0.25, 0.3) is 0 Å². The van der Waals surface area contributed by atoms with Gasteiger partial charge < -0.3 is 25.0 Å². The van der Waals surface area contributed by atoms with Gasteiger partial charge in [-0.25, -0.2) is 14.8 Å². The van der Waals surface area contributed by atoms with Gasteiger partial charge in [-0.3, -0.25) is 0 Å². The van der Waals surface area contributed by atoms with Gasteiger partial charge in [0, 0.05) is 33.3 Å². The van der Waals surface area contributed by atoms with Crippen LogP contribution in [0.2, 0.25) is 0 Å². The molecule has 0 bridgehead atoms. The standard InChI is InChI=1S/C13H21N5O3/c1-14-10-6-12(17-11(16-10)8-20-2)18-5-4-9(7-18)15-13(19)21-3/h6,9H,4-5,7-8H2,1-3H3,(H,15,19)(H,14,16,17). The largest absolute Gasteiger partial charge is 0.453 e. The molecule has 8 heteroatoms. The summed E-state index contributed by atoms with van der Waals surface area (Å²) in [6.07, 6.45) is 0.452. The molecule has 0 aromatic carbocycles. The van der Waals surface area contributed by atoms with E-state index in [0.717, 1.165) is 24.6 Å². The lowest BCUT2D eigenvalue weighted by Gasteiger charge is -2.19. The molecule has 2 rings (SSSR count). The van der Waals surface area contributed by atoms with Crippen molar-refractivity contribution in [3.63, 3.8) is 0 Å². The van der Waals surface area contributed by atoms with Crippen LogP contribution in [0.4, 0.5) is 16.4 Å². The predicted molar refractivity (Wildman–Crippen MR) is 78.5 cm³/mol. The minimum atomic E-state index is -0.402. The number of aromatic nitrogens is 2. The molecule has 1 amide bonds. The van der Waals surface area contributed by atoms with Crippen molar-refractivity contribution in [2.24, 2.45) is 0 Å². The zero-order valence-corrected chi connectivity index (χ0v) is 12.5. The van der Waals surface area contributed by atoms with Crippen LogP contribution in [0.3, 0.4) is 0 Å². The van der Waals surface area contributed by atoms with E-state index >= 15 is 0 Å². The van der Waals surface area contributed by atoms with Gasteiger partial charge in [-0.05, 0) is 6.42 Å². The van der Waals surface area contributed by atoms with Crippen LogP contribution >= 0.6 is 0 Å². The molecule has 1 fully saturated rings. The molecule has 0 radical (unpaired) electrons. The quantitative estimate of drug-likeness (QED) is 0.822. The van der Waals surface area contributed by atoms with Gasteiger partial charge >= 0.3 is 6.09 Å². The number of nitrogens with one attached hydrogen (secondary N) is 2. The normalized spacial score (nSPS) is 17.7. The number of amides is 1. The van der Waals surface area contributed by atoms with E-state index in [0.29, 0.717) is 19.0 Å². The minimum Gasteiger partial charge on any atom is -0.453 e. The molecule has 1 unspecified atom stereocenters. The summed E-state index contributed by atoms with van der Waals surface area (Å²) in [6.45, 7) is 1.88. The maximum atomic E-state index is 11.2. The van der Waals surface area contributed by atoms with Crippen LogP contribution in [0.1, 0.15) is 12.2 Å². The summed E-state index contributed by atoms with van der Waals surface area (Å²) in [6, 6.07) is 1.95. The first-order valence-corrected chi connectivity index (χ1v) is 6.80. The molecule has 8 nitrogen and oxygen atoms in total. The predicted octanol–water partition coefficient (Wildman–Crippen LogP) is 0.599. The Morgan fingerprint density at radius 2 is 2.29 bits per heavy atom. The topological polar surface area (TPSA) is 88.6 Å². The van der Waals surface area contributed by atoms with E-state index in [2.05, 4.69) is 30.2 Å². The third-order valence-corrected chi connectivity index (χ3v) is 3.31. The number of hydrogen-bond acceptors (Lipinski definition) is 7. The molecule has 0 aliphatic carbocycles. The molecule has 0 saturated carbocycles. The van der Waals surface area contributed by atoms with E-state index in [1.807, 2.05) is 13.1 Å². The molecular formula is C13H21N5O3. The molecule has 2 heterocycles. The van der Waals surface area contributed by atoms with Gasteiger partial charge in [0.15, 0.2) is 5.82 Å². The van der Waals surface area contributed by atoms with Crippen LogP contribution in [0.5, 0.6) is 0 Å². The van der Waals surface area contributed by atoms with Gasteiger partial charge in [-0.15, -0.1) is 0 Å². The highest BCUT2D eigenvalue weighted by molar-refractivity contribution is 5.67. The van der Waals surface area contributed by atoms with E-state index in [9.17, 15) is 4.79 Å². The van der Waals surface area contributed by atoms with Crippen LogP contribution in [0.15, 0.2) is 6.07 Å². The maximum Gasteiger partial charge on any atom is 0.407 e. The SMILES string of the molecule is CNc1cc(N2CCC(NC(=O)OC)C2)nc(COC)n1. The van der Waals surface area contributed by atoms with Crippen LogP contribution < -0.4 is 15.5 Å². The fourth-order valence-electron chi connectivity index (χ4n) is 2.28. The van der Waals surface area contributed by atoms with Gasteiger partial charge in [-0.2, -0.15) is 0 Å². The number of carbonyl (C=O) groups is 1. The number of alkyl carbamates (subject to hydrolysis) is 1. The first-order valence-electron chi connectivity index (χ1n) is 6.80. The molecule has 1 aromatic heterocycles. The summed E-state index contributed by atoms with van der Waals surface area (Å²) in [5.74, 6) is 2.20. The van der Waals surface area contributed by atoms with Crippen molar-refractivity contribution in [2.75, 3.05) is 44.6 Å². The van der Waals surface area contributed by atoms with E-state index in [4.69, 9.17) is 4.74 Å². The lowest BCUT2D eigenvalue weighted by atomic mass is 10.3. The Kier molecular flexibility index (Phi) is 5.15. The second-order valence-electron chi connectivity index (χ2n) is 4.78. The van der Waals surface area contributed by atoms with Gasteiger partial charge in [-0.1, -0.05) is 0 Å². The zero-order chi connectivity index (χ0) is 15.2. The molecule has 2 N–H and O–H groups in total. The highest BCUT2D eigenvalue weighted by Crippen LogP contribution is 2.21. The molecule has 1 atom stereocenters. The highest BCUT2D eigenvalue weighted by atomic mass is 16.5. The minimum absolute atomic E-state index is 0.0660. The van der Waals surface area contributed by atoms with Gasteiger partial charge in [0.1, 0.15) is 18.2 Å². The Morgan fingerprint density at radius 3 is 2.95 bits per heavy atom. The van der Waals surface area contributed by atoms with E-state index in [-0.39, 0.29) is 6.04 Å². The second-order valence-corrected chi connectivity index (χ2v) is 4.78. The van der Waals surface area contributed by atoms with Crippen molar-refractivity contribution in [3.8, 4) is 0 Å². The Bertz CT molecular complexity index is 497. The number of nitrogens with zero attached hydrogens (tertiary/aromatic N) is 3. The molecule has 1 aliphatic heterocycles. The average molecular weight is 295 g/mol. The lowest BCUT2D eigenvalue weighted by Crippen LogP contribution is -2.37. The number of anilines is 2. The molecular weight excluding hydrogens is 274 g/mol. The van der Waals surface area contributed by atoms with Crippen molar-refractivity contribution in [1.82, 2.24) is 15.3 Å². The van der Waals surface area contributed by atoms with Gasteiger partial charge in [0.05, 0.1) is 13.2 Å². The van der Waals surface area contributed by atoms with Crippen LogP contribution in [-0.2, 0) is 16.1 Å². The van der Waals surface area contributed by atoms with E-state index in [1.165, 1.54) is 7.11 Å². The lowest BCUT2D eigenvalue weighted by molar-refractivity contribution is 0.167. The fraction of sp³-hybridized carbons (Fsp3) is 0.615. The van der Waals surface area contributed by atoms with Crippen molar-refractivity contribution in [2.45, 2.75) is 19.1 Å². The third-order valence-electron chi connectivity index (χ3n) is 3.31. The Labute approximate surface area is 123 Å². The van der Waals surface area contributed by atoms with E-state index < -0.39 is 6.09 Å². The Morgan fingerprint density at radius 1 is 1.48 bits per heavy atom. The molecule has 1 aliphatic rings. The Balaban J connectivity index is 2.08. The van der Waals surface area contributed by atoms with Crippen LogP contribution in [0, 0.1) is 0 Å². The first kappa shape index (κ1) is 15.3. The van der Waals surface area contributed by atoms with Crippen molar-refractivity contribution >= 4 is 17.7 Å². The second kappa shape index (κ2) is 7.07. The summed E-state index contributed by atoms with van der Waals surface area (Å²) in [5.41, 5.74) is 0. The summed E-state index contributed by atoms with van der Waals surface area (Å²) < 4.78 is 9.71. The number of methoxy groups -OCH3 is 2. The zero-order valence-electron chi connectivity index (χ0n) is 12.5. The van der Waals surface area contributed by atoms with Crippen LogP contribution in [0.25, 0.3) is 0 Å². The summed E-state index contributed by atoms with van der Waals surface area (Å²) in [4.78, 5) is 22.2. The van der Waals surface area contributed by atoms with Crippen molar-refractivity contribution in [1.29, 1.82) is 0 Å².